The van der Waals surface area contributed by atoms with Crippen LogP contribution in [0, 0.1) is 5.92 Å². The summed E-state index contributed by atoms with van der Waals surface area (Å²) in [6.45, 7) is 7.79. The quantitative estimate of drug-likeness (QED) is 0.426. The predicted molar refractivity (Wildman–Crippen MR) is 131 cm³/mol. The molecule has 2 rings (SSSR count). The molecular formula is C27H42O7. The number of fused-ring (bicyclic) bond motifs is 2. The van der Waals surface area contributed by atoms with Crippen LogP contribution >= 0.6 is 0 Å². The fourth-order valence-corrected chi connectivity index (χ4v) is 4.39. The highest BCUT2D eigenvalue weighted by Gasteiger charge is 2.36. The van der Waals surface area contributed by atoms with E-state index in [0.29, 0.717) is 19.3 Å². The Bertz CT molecular complexity index is 815. The molecule has 7 heteroatoms. The number of aliphatic hydroxyl groups is 3. The summed E-state index contributed by atoms with van der Waals surface area (Å²) < 4.78 is 17.0. The largest absolute Gasteiger partial charge is 0.456 e. The molecule has 34 heavy (non-hydrogen) atoms. The van der Waals surface area contributed by atoms with Crippen molar-refractivity contribution in [2.75, 3.05) is 20.8 Å². The van der Waals surface area contributed by atoms with Crippen molar-refractivity contribution >= 4 is 5.97 Å². The topological polar surface area (TPSA) is 105 Å². The first-order chi connectivity index (χ1) is 16.1. The molecular weight excluding hydrogens is 436 g/mol. The zero-order valence-corrected chi connectivity index (χ0v) is 21.4. The number of ether oxygens (including phenoxy) is 3. The zero-order valence-electron chi connectivity index (χ0n) is 21.4. The maximum atomic E-state index is 13.0. The van der Waals surface area contributed by atoms with Gasteiger partial charge in [0.05, 0.1) is 18.3 Å². The van der Waals surface area contributed by atoms with Crippen LogP contribution in [0.4, 0.5) is 0 Å². The lowest BCUT2D eigenvalue weighted by Gasteiger charge is -2.35. The number of hydrogen-bond acceptors (Lipinski definition) is 7. The van der Waals surface area contributed by atoms with Gasteiger partial charge in [-0.15, -0.1) is 0 Å². The van der Waals surface area contributed by atoms with Gasteiger partial charge in [0.1, 0.15) is 6.10 Å². The van der Waals surface area contributed by atoms with Crippen molar-refractivity contribution in [3.8, 4) is 0 Å². The summed E-state index contributed by atoms with van der Waals surface area (Å²) in [7, 11) is 3.03. The molecule has 0 saturated carbocycles. The van der Waals surface area contributed by atoms with Gasteiger partial charge in [-0.05, 0) is 30.0 Å². The van der Waals surface area contributed by atoms with Gasteiger partial charge in [-0.2, -0.15) is 0 Å². The molecule has 0 spiro atoms. The Labute approximate surface area is 203 Å². The number of cyclic esters (lactones) is 1. The number of aliphatic hydroxyl groups excluding tert-OH is 3. The first-order valence-electron chi connectivity index (χ1n) is 12.1. The van der Waals surface area contributed by atoms with Gasteiger partial charge in [-0.25, -0.2) is 4.79 Å². The first kappa shape index (κ1) is 28.5. The lowest BCUT2D eigenvalue weighted by molar-refractivity contribution is -0.166. The molecule has 0 saturated heterocycles. The van der Waals surface area contributed by atoms with Gasteiger partial charge in [0.25, 0.3) is 0 Å². The van der Waals surface area contributed by atoms with Crippen LogP contribution in [0.15, 0.2) is 35.9 Å². The summed E-state index contributed by atoms with van der Waals surface area (Å²) in [5.74, 6) is -0.843. The van der Waals surface area contributed by atoms with Crippen molar-refractivity contribution < 1.29 is 34.3 Å². The smallest absolute Gasteiger partial charge is 0.338 e. The number of carbonyl (C=O) groups is 1. The molecule has 3 N–H and O–H groups in total. The van der Waals surface area contributed by atoms with Crippen LogP contribution in [-0.4, -0.2) is 72.6 Å². The fraction of sp³-hybridized carbons (Fsp3) is 0.667. The molecule has 0 unspecified atom stereocenters. The molecule has 1 heterocycles. The number of esters is 1. The SMILES string of the molecule is CC[C@H](/C=C(/C)[C@@H]1C[C@@H](OC)C[C@H](O)C(C)(C)c2cccc(c2)C[C@@H](OC)[C@H](O)C(=O)O1)CO. The fourth-order valence-electron chi connectivity index (χ4n) is 4.39. The van der Waals surface area contributed by atoms with E-state index in [0.717, 1.165) is 23.1 Å². The van der Waals surface area contributed by atoms with E-state index >= 15 is 0 Å². The average molecular weight is 479 g/mol. The van der Waals surface area contributed by atoms with Gasteiger partial charge in [0, 0.05) is 51.4 Å². The number of rotatable bonds is 6. The molecule has 2 bridgehead atoms. The second-order valence-corrected chi connectivity index (χ2v) is 9.88. The summed E-state index contributed by atoms with van der Waals surface area (Å²) in [6, 6.07) is 7.78. The van der Waals surface area contributed by atoms with Crippen molar-refractivity contribution in [1.82, 2.24) is 0 Å². The van der Waals surface area contributed by atoms with Gasteiger partial charge in [0.2, 0.25) is 0 Å². The van der Waals surface area contributed by atoms with Crippen LogP contribution in [0.1, 0.15) is 58.1 Å². The predicted octanol–water partition coefficient (Wildman–Crippen LogP) is 2.93. The summed E-state index contributed by atoms with van der Waals surface area (Å²) in [4.78, 5) is 13.0. The normalized spacial score (nSPS) is 29.7. The Hall–Kier alpha value is -1.77. The van der Waals surface area contributed by atoms with Crippen LogP contribution in [0.25, 0.3) is 0 Å². The third-order valence-corrected chi connectivity index (χ3v) is 7.16. The lowest BCUT2D eigenvalue weighted by atomic mass is 9.76. The van der Waals surface area contributed by atoms with Gasteiger partial charge in [-0.1, -0.05) is 51.1 Å². The van der Waals surface area contributed by atoms with E-state index in [2.05, 4.69) is 0 Å². The minimum atomic E-state index is -1.47. The maximum Gasteiger partial charge on any atom is 0.338 e. The van der Waals surface area contributed by atoms with E-state index in [1.807, 2.05) is 58.0 Å². The van der Waals surface area contributed by atoms with E-state index in [1.165, 1.54) is 7.11 Å². The van der Waals surface area contributed by atoms with E-state index in [9.17, 15) is 20.1 Å². The molecule has 1 aromatic carbocycles. The first-order valence-corrected chi connectivity index (χ1v) is 12.1. The molecule has 0 radical (unpaired) electrons. The van der Waals surface area contributed by atoms with Crippen molar-refractivity contribution in [3.63, 3.8) is 0 Å². The molecule has 7 nitrogen and oxygen atoms in total. The van der Waals surface area contributed by atoms with E-state index in [4.69, 9.17) is 14.2 Å². The summed E-state index contributed by atoms with van der Waals surface area (Å²) in [5, 5.41) is 31.6. The highest BCUT2D eigenvalue weighted by Crippen LogP contribution is 2.32. The molecule has 0 fully saturated rings. The standard InChI is InChI=1S/C27H42O7/c1-7-18(16-28)11-17(2)22-14-21(32-5)15-24(29)27(3,4)20-10-8-9-19(12-20)13-23(33-6)25(30)26(31)34-22/h8-12,18,21-25,28-30H,7,13-16H2,1-6H3/b17-11-/t18-,21-,22+,23-,24+,25+/m1/s1. The minimum Gasteiger partial charge on any atom is -0.456 e. The van der Waals surface area contributed by atoms with Gasteiger partial charge < -0.3 is 29.5 Å². The van der Waals surface area contributed by atoms with Crippen LogP contribution in [0.5, 0.6) is 0 Å². The lowest BCUT2D eigenvalue weighted by Crippen LogP contribution is -2.42. The molecule has 1 aliphatic rings. The monoisotopic (exact) mass is 478 g/mol. The third kappa shape index (κ3) is 7.12. The highest BCUT2D eigenvalue weighted by molar-refractivity contribution is 5.75. The van der Waals surface area contributed by atoms with Crippen LogP contribution < -0.4 is 0 Å². The van der Waals surface area contributed by atoms with Crippen molar-refractivity contribution in [1.29, 1.82) is 0 Å². The average Bonchev–Trinajstić information content (AvgIpc) is 2.83. The zero-order chi connectivity index (χ0) is 25.5. The van der Waals surface area contributed by atoms with Crippen molar-refractivity contribution in [2.45, 2.75) is 89.3 Å². The minimum absolute atomic E-state index is 0.0127. The summed E-state index contributed by atoms with van der Waals surface area (Å²) >= 11 is 0. The molecule has 0 aromatic heterocycles. The number of hydrogen-bond donors (Lipinski definition) is 3. The Balaban J connectivity index is 2.50. The van der Waals surface area contributed by atoms with Crippen LogP contribution in [0.2, 0.25) is 0 Å². The number of benzene rings is 1. The Morgan fingerprint density at radius 1 is 1.24 bits per heavy atom. The molecule has 0 amide bonds. The number of carbonyl (C=O) groups excluding carboxylic acids is 1. The highest BCUT2D eigenvalue weighted by atomic mass is 16.6. The van der Waals surface area contributed by atoms with Crippen molar-refractivity contribution in [3.05, 3.63) is 47.0 Å². The van der Waals surface area contributed by atoms with Crippen LogP contribution in [-0.2, 0) is 30.8 Å². The summed E-state index contributed by atoms with van der Waals surface area (Å²) in [5.41, 5.74) is 2.05. The van der Waals surface area contributed by atoms with E-state index < -0.39 is 41.9 Å². The second kappa shape index (κ2) is 12.8. The Morgan fingerprint density at radius 3 is 2.53 bits per heavy atom. The Morgan fingerprint density at radius 2 is 1.94 bits per heavy atom. The molecule has 6 atom stereocenters. The molecule has 192 valence electrons. The third-order valence-electron chi connectivity index (χ3n) is 7.16. The van der Waals surface area contributed by atoms with Gasteiger partial charge in [0.15, 0.2) is 6.10 Å². The van der Waals surface area contributed by atoms with Crippen LogP contribution in [0.3, 0.4) is 0 Å². The molecule has 1 aliphatic heterocycles. The van der Waals surface area contributed by atoms with Crippen molar-refractivity contribution in [2.24, 2.45) is 5.92 Å². The summed E-state index contributed by atoms with van der Waals surface area (Å²) in [6.07, 6.45) is -0.433. The van der Waals surface area contributed by atoms with Gasteiger partial charge >= 0.3 is 5.97 Å². The second-order valence-electron chi connectivity index (χ2n) is 9.88. The number of methoxy groups -OCH3 is 2. The maximum absolute atomic E-state index is 13.0. The molecule has 1 aromatic rings. The van der Waals surface area contributed by atoms with E-state index in [1.54, 1.807) is 7.11 Å². The van der Waals surface area contributed by atoms with E-state index in [-0.39, 0.29) is 12.5 Å². The molecule has 0 aliphatic carbocycles. The van der Waals surface area contributed by atoms with Gasteiger partial charge in [-0.3, -0.25) is 0 Å². The Kier molecular flexibility index (Phi) is 10.7.